The molecule has 1 atom stereocenters. The van der Waals surface area contributed by atoms with Crippen LogP contribution in [-0.2, 0) is 11.8 Å². The van der Waals surface area contributed by atoms with E-state index in [4.69, 9.17) is 0 Å². The summed E-state index contributed by atoms with van der Waals surface area (Å²) in [6, 6.07) is 0. The molecule has 1 unspecified atom stereocenters. The van der Waals surface area contributed by atoms with Crippen molar-refractivity contribution in [1.29, 1.82) is 0 Å². The summed E-state index contributed by atoms with van der Waals surface area (Å²) in [6.45, 7) is -0.206. The summed E-state index contributed by atoms with van der Waals surface area (Å²) in [5.41, 5.74) is -2.08. The van der Waals surface area contributed by atoms with Crippen molar-refractivity contribution < 1.29 is 18.0 Å². The van der Waals surface area contributed by atoms with Crippen molar-refractivity contribution in [2.24, 2.45) is 12.5 Å². The zero-order valence-electron chi connectivity index (χ0n) is 9.71. The average Bonchev–Trinajstić information content (AvgIpc) is 2.86. The van der Waals surface area contributed by atoms with Crippen LogP contribution in [-0.4, -0.2) is 35.0 Å². The number of amides is 1. The molecule has 100 valence electrons. The molecule has 1 saturated heterocycles. The van der Waals surface area contributed by atoms with Crippen molar-refractivity contribution in [3.8, 4) is 0 Å². The van der Waals surface area contributed by atoms with Gasteiger partial charge in [-0.1, -0.05) is 0 Å². The molecular weight excluding hydrogens is 249 g/mol. The van der Waals surface area contributed by atoms with Gasteiger partial charge >= 0.3 is 6.18 Å². The van der Waals surface area contributed by atoms with Gasteiger partial charge in [-0.15, -0.1) is 0 Å². The Bertz CT molecular complexity index is 448. The predicted molar refractivity (Wildman–Crippen MR) is 57.8 cm³/mol. The van der Waals surface area contributed by atoms with Crippen molar-refractivity contribution in [2.45, 2.75) is 12.6 Å². The lowest BCUT2D eigenvalue weighted by molar-refractivity contribution is -0.213. The lowest BCUT2D eigenvalue weighted by Crippen LogP contribution is -2.49. The van der Waals surface area contributed by atoms with Crippen LogP contribution >= 0.6 is 0 Å². The van der Waals surface area contributed by atoms with Crippen LogP contribution in [0, 0.1) is 5.41 Å². The summed E-state index contributed by atoms with van der Waals surface area (Å²) in [5, 5.41) is 8.65. The van der Waals surface area contributed by atoms with E-state index < -0.39 is 17.5 Å². The molecule has 5 nitrogen and oxygen atoms in total. The van der Waals surface area contributed by atoms with Crippen molar-refractivity contribution in [1.82, 2.24) is 15.1 Å². The molecule has 0 aromatic carbocycles. The van der Waals surface area contributed by atoms with Gasteiger partial charge < -0.3 is 10.6 Å². The number of carbonyl (C=O) groups is 1. The van der Waals surface area contributed by atoms with Gasteiger partial charge in [0.05, 0.1) is 11.9 Å². The fraction of sp³-hybridized carbons (Fsp3) is 0.600. The van der Waals surface area contributed by atoms with Crippen LogP contribution in [0.5, 0.6) is 0 Å². The maximum Gasteiger partial charge on any atom is 0.404 e. The number of aromatic nitrogens is 2. The number of hydrogen-bond acceptors (Lipinski definition) is 3. The molecule has 0 saturated carbocycles. The molecule has 2 rings (SSSR count). The summed E-state index contributed by atoms with van der Waals surface area (Å²) in [4.78, 5) is 11.9. The molecule has 8 heteroatoms. The number of hydrogen-bond donors (Lipinski definition) is 2. The number of anilines is 1. The van der Waals surface area contributed by atoms with Gasteiger partial charge in [0.2, 0.25) is 5.91 Å². The molecule has 18 heavy (non-hydrogen) atoms. The fourth-order valence-corrected chi connectivity index (χ4v) is 1.99. The molecule has 2 heterocycles. The van der Waals surface area contributed by atoms with Crippen molar-refractivity contribution in [3.63, 3.8) is 0 Å². The minimum atomic E-state index is -4.57. The summed E-state index contributed by atoms with van der Waals surface area (Å²) in [5.74, 6) is -1.03. The topological polar surface area (TPSA) is 59.0 Å². The Hall–Kier alpha value is -1.57. The van der Waals surface area contributed by atoms with Gasteiger partial charge in [0.1, 0.15) is 0 Å². The minimum absolute atomic E-state index is 0.181. The number of nitrogens with zero attached hydrogens (tertiary/aromatic N) is 2. The molecule has 0 bridgehead atoms. The van der Waals surface area contributed by atoms with Crippen molar-refractivity contribution in [2.75, 3.05) is 18.4 Å². The van der Waals surface area contributed by atoms with Crippen molar-refractivity contribution in [3.05, 3.63) is 12.4 Å². The molecule has 1 fully saturated rings. The average molecular weight is 262 g/mol. The highest BCUT2D eigenvalue weighted by Gasteiger charge is 2.61. The number of aryl methyl sites for hydroxylation is 1. The van der Waals surface area contributed by atoms with Crippen LogP contribution < -0.4 is 10.6 Å². The third-order valence-corrected chi connectivity index (χ3v) is 3.10. The number of rotatable bonds is 2. The largest absolute Gasteiger partial charge is 0.404 e. The van der Waals surface area contributed by atoms with Crippen LogP contribution in [0.1, 0.15) is 6.42 Å². The predicted octanol–water partition coefficient (Wildman–Crippen LogP) is 0.901. The van der Waals surface area contributed by atoms with Crippen LogP contribution in [0.3, 0.4) is 0 Å². The van der Waals surface area contributed by atoms with E-state index in [0.29, 0.717) is 0 Å². The second-order valence-corrected chi connectivity index (χ2v) is 4.36. The quantitative estimate of drug-likeness (QED) is 0.832. The Balaban J connectivity index is 2.20. The van der Waals surface area contributed by atoms with Gasteiger partial charge in [0.25, 0.3) is 0 Å². The Kier molecular flexibility index (Phi) is 3.05. The fourth-order valence-electron chi connectivity index (χ4n) is 1.99. The first-order valence-corrected chi connectivity index (χ1v) is 5.43. The van der Waals surface area contributed by atoms with E-state index in [1.165, 1.54) is 17.1 Å². The number of alkyl halides is 3. The van der Waals surface area contributed by atoms with E-state index in [-0.39, 0.29) is 25.2 Å². The van der Waals surface area contributed by atoms with E-state index in [1.54, 1.807) is 7.05 Å². The molecule has 1 aromatic heterocycles. The molecule has 0 spiro atoms. The van der Waals surface area contributed by atoms with Crippen LogP contribution in [0.25, 0.3) is 0 Å². The van der Waals surface area contributed by atoms with E-state index in [9.17, 15) is 18.0 Å². The Morgan fingerprint density at radius 2 is 2.33 bits per heavy atom. The molecular formula is C10H13F3N4O. The Morgan fingerprint density at radius 1 is 1.61 bits per heavy atom. The highest BCUT2D eigenvalue weighted by molar-refractivity contribution is 5.96. The lowest BCUT2D eigenvalue weighted by Gasteiger charge is -2.29. The Labute approximate surface area is 101 Å². The Morgan fingerprint density at radius 3 is 2.78 bits per heavy atom. The highest BCUT2D eigenvalue weighted by Crippen LogP contribution is 2.43. The highest BCUT2D eigenvalue weighted by atomic mass is 19.4. The molecule has 1 aromatic rings. The zero-order valence-corrected chi connectivity index (χ0v) is 9.71. The van der Waals surface area contributed by atoms with Gasteiger partial charge in [-0.25, -0.2) is 0 Å². The summed E-state index contributed by atoms with van der Waals surface area (Å²) < 4.78 is 40.6. The third-order valence-electron chi connectivity index (χ3n) is 3.10. The van der Waals surface area contributed by atoms with Gasteiger partial charge in [-0.05, 0) is 13.0 Å². The molecule has 1 aliphatic heterocycles. The van der Waals surface area contributed by atoms with Crippen LogP contribution in [0.2, 0.25) is 0 Å². The van der Waals surface area contributed by atoms with Gasteiger partial charge in [-0.2, -0.15) is 18.3 Å². The normalized spacial score (nSPS) is 24.2. The van der Waals surface area contributed by atoms with Gasteiger partial charge in [0, 0.05) is 19.8 Å². The number of halogens is 3. The maximum atomic E-state index is 13.1. The molecule has 0 radical (unpaired) electrons. The number of nitrogens with one attached hydrogen (secondary N) is 2. The SMILES string of the molecule is Cn1cc(NC(=O)C2(C(F)(F)F)CCNC2)cn1. The van der Waals surface area contributed by atoms with Crippen molar-refractivity contribution >= 4 is 11.6 Å². The lowest BCUT2D eigenvalue weighted by atomic mass is 9.85. The zero-order chi connectivity index (χ0) is 13.4. The first-order valence-electron chi connectivity index (χ1n) is 5.43. The second kappa shape index (κ2) is 4.27. The second-order valence-electron chi connectivity index (χ2n) is 4.36. The first kappa shape index (κ1) is 12.9. The minimum Gasteiger partial charge on any atom is -0.323 e. The maximum absolute atomic E-state index is 13.1. The van der Waals surface area contributed by atoms with E-state index in [1.807, 2.05) is 0 Å². The summed E-state index contributed by atoms with van der Waals surface area (Å²) >= 11 is 0. The molecule has 0 aliphatic carbocycles. The van der Waals surface area contributed by atoms with Gasteiger partial charge in [0.15, 0.2) is 5.41 Å². The first-order chi connectivity index (χ1) is 8.35. The van der Waals surface area contributed by atoms with Gasteiger partial charge in [-0.3, -0.25) is 9.48 Å². The summed E-state index contributed by atoms with van der Waals surface area (Å²) in [6.07, 6.45) is -2.06. The molecule has 2 N–H and O–H groups in total. The van der Waals surface area contributed by atoms with E-state index >= 15 is 0 Å². The molecule has 1 amide bonds. The van der Waals surface area contributed by atoms with E-state index in [0.717, 1.165) is 0 Å². The number of carbonyl (C=O) groups excluding carboxylic acids is 1. The van der Waals surface area contributed by atoms with Crippen LogP contribution in [0.15, 0.2) is 12.4 Å². The molecule has 1 aliphatic rings. The smallest absolute Gasteiger partial charge is 0.323 e. The third kappa shape index (κ3) is 2.07. The summed E-state index contributed by atoms with van der Waals surface area (Å²) in [7, 11) is 1.62. The van der Waals surface area contributed by atoms with E-state index in [2.05, 4.69) is 15.7 Å². The van der Waals surface area contributed by atoms with Crippen LogP contribution in [0.4, 0.5) is 18.9 Å². The standard InChI is InChI=1S/C10H13F3N4O/c1-17-5-7(4-15-17)16-8(18)9(10(11,12)13)2-3-14-6-9/h4-5,14H,2-3,6H2,1H3,(H,16,18). The monoisotopic (exact) mass is 262 g/mol.